The number of nitrogens with zero attached hydrogens (tertiary/aromatic N) is 2. The lowest BCUT2D eigenvalue weighted by molar-refractivity contribution is 0.00381. The zero-order valence-corrected chi connectivity index (χ0v) is 13.2. The number of aryl methyl sites for hydroxylation is 2. The summed E-state index contributed by atoms with van der Waals surface area (Å²) in [7, 11) is 0. The molecule has 1 amide bonds. The highest BCUT2D eigenvalue weighted by molar-refractivity contribution is 7.17. The van der Waals surface area contributed by atoms with Gasteiger partial charge in [0.2, 0.25) is 0 Å². The fraction of sp³-hybridized carbons (Fsp3) is 0.467. The van der Waals surface area contributed by atoms with E-state index in [4.69, 9.17) is 9.15 Å². The van der Waals surface area contributed by atoms with E-state index >= 15 is 0 Å². The summed E-state index contributed by atoms with van der Waals surface area (Å²) in [5.74, 6) is 1.59. The number of thiazole rings is 1. The van der Waals surface area contributed by atoms with Gasteiger partial charge >= 0.3 is 0 Å². The molecule has 0 spiro atoms. The first kappa shape index (κ1) is 14.3. The molecule has 0 bridgehead atoms. The van der Waals surface area contributed by atoms with Crippen molar-refractivity contribution >= 4 is 17.2 Å². The summed E-state index contributed by atoms with van der Waals surface area (Å²) in [6, 6.07) is 3.89. The minimum absolute atomic E-state index is 0.0373. The van der Waals surface area contributed by atoms with E-state index in [-0.39, 0.29) is 11.9 Å². The van der Waals surface area contributed by atoms with Crippen LogP contribution in [0.2, 0.25) is 0 Å². The average Bonchev–Trinajstić information content (AvgIpc) is 3.05. The lowest BCUT2D eigenvalue weighted by Gasteiger charge is -2.33. The Bertz CT molecular complexity index is 662. The molecule has 1 aliphatic rings. The highest BCUT2D eigenvalue weighted by atomic mass is 32.1. The van der Waals surface area contributed by atoms with Crippen LogP contribution >= 0.6 is 11.3 Å². The standard InChI is InChI=1S/C15H18N2O3S/c1-9-8-19-7-6-17(9)15(18)13-11(3)16-14(21-13)12-5-4-10(2)20-12/h4-5,9H,6-8H2,1-3H3/t9-/m0/s1. The normalized spacial score (nSPS) is 19.0. The minimum atomic E-state index is 0.0373. The van der Waals surface area contributed by atoms with Crippen molar-refractivity contribution in [3.63, 3.8) is 0 Å². The molecule has 0 aliphatic carbocycles. The van der Waals surface area contributed by atoms with Crippen molar-refractivity contribution < 1.29 is 13.9 Å². The summed E-state index contributed by atoms with van der Waals surface area (Å²) in [5, 5.41) is 0.755. The topological polar surface area (TPSA) is 55.6 Å². The number of amides is 1. The minimum Gasteiger partial charge on any atom is -0.459 e. The molecule has 21 heavy (non-hydrogen) atoms. The molecule has 1 aliphatic heterocycles. The summed E-state index contributed by atoms with van der Waals surface area (Å²) in [6.45, 7) is 7.59. The number of ether oxygens (including phenoxy) is 1. The van der Waals surface area contributed by atoms with Crippen LogP contribution in [0.15, 0.2) is 16.5 Å². The molecule has 2 aromatic rings. The van der Waals surface area contributed by atoms with E-state index in [9.17, 15) is 4.79 Å². The molecule has 3 heterocycles. The van der Waals surface area contributed by atoms with Gasteiger partial charge in [-0.3, -0.25) is 4.79 Å². The van der Waals surface area contributed by atoms with Crippen LogP contribution in [-0.2, 0) is 4.74 Å². The first-order valence-corrected chi connectivity index (χ1v) is 7.81. The fourth-order valence-electron chi connectivity index (χ4n) is 2.41. The Morgan fingerprint density at radius 2 is 2.24 bits per heavy atom. The van der Waals surface area contributed by atoms with Crippen molar-refractivity contribution in [3.05, 3.63) is 28.5 Å². The molecule has 0 aromatic carbocycles. The molecule has 0 radical (unpaired) electrons. The van der Waals surface area contributed by atoms with Crippen LogP contribution in [0.25, 0.3) is 10.8 Å². The summed E-state index contributed by atoms with van der Waals surface area (Å²) < 4.78 is 11.0. The van der Waals surface area contributed by atoms with Crippen molar-refractivity contribution in [2.45, 2.75) is 26.8 Å². The number of carbonyl (C=O) groups is 1. The van der Waals surface area contributed by atoms with E-state index < -0.39 is 0 Å². The van der Waals surface area contributed by atoms with E-state index in [1.807, 2.05) is 37.8 Å². The first-order chi connectivity index (χ1) is 10.1. The zero-order chi connectivity index (χ0) is 15.0. The number of carbonyl (C=O) groups excluding carboxylic acids is 1. The molecular formula is C15H18N2O3S. The Morgan fingerprint density at radius 3 is 2.90 bits per heavy atom. The van der Waals surface area contributed by atoms with Crippen molar-refractivity contribution in [1.82, 2.24) is 9.88 Å². The van der Waals surface area contributed by atoms with Gasteiger partial charge in [0, 0.05) is 6.54 Å². The monoisotopic (exact) mass is 306 g/mol. The van der Waals surface area contributed by atoms with Crippen LogP contribution in [0.5, 0.6) is 0 Å². The van der Waals surface area contributed by atoms with Gasteiger partial charge in [-0.15, -0.1) is 11.3 Å². The molecular weight excluding hydrogens is 288 g/mol. The van der Waals surface area contributed by atoms with Crippen LogP contribution < -0.4 is 0 Å². The largest absolute Gasteiger partial charge is 0.459 e. The van der Waals surface area contributed by atoms with Crippen molar-refractivity contribution in [3.8, 4) is 10.8 Å². The van der Waals surface area contributed by atoms with Crippen LogP contribution in [0.1, 0.15) is 28.0 Å². The average molecular weight is 306 g/mol. The smallest absolute Gasteiger partial charge is 0.266 e. The molecule has 0 N–H and O–H groups in total. The Labute approximate surface area is 127 Å². The fourth-order valence-corrected chi connectivity index (χ4v) is 3.39. The van der Waals surface area contributed by atoms with Crippen molar-refractivity contribution in [2.75, 3.05) is 19.8 Å². The molecule has 0 unspecified atom stereocenters. The van der Waals surface area contributed by atoms with Crippen molar-refractivity contribution in [2.24, 2.45) is 0 Å². The van der Waals surface area contributed by atoms with Gasteiger partial charge in [-0.25, -0.2) is 4.98 Å². The Morgan fingerprint density at radius 1 is 1.43 bits per heavy atom. The summed E-state index contributed by atoms with van der Waals surface area (Å²) in [6.07, 6.45) is 0. The first-order valence-electron chi connectivity index (χ1n) is 6.99. The Balaban J connectivity index is 1.88. The van der Waals surface area contributed by atoms with Crippen LogP contribution in [0.4, 0.5) is 0 Å². The van der Waals surface area contributed by atoms with Crippen LogP contribution in [0.3, 0.4) is 0 Å². The van der Waals surface area contributed by atoms with E-state index in [0.29, 0.717) is 24.6 Å². The van der Waals surface area contributed by atoms with Gasteiger partial charge in [-0.2, -0.15) is 0 Å². The molecule has 6 heteroatoms. The third kappa shape index (κ3) is 2.73. The van der Waals surface area contributed by atoms with E-state index in [2.05, 4.69) is 4.98 Å². The van der Waals surface area contributed by atoms with Crippen LogP contribution in [0, 0.1) is 13.8 Å². The van der Waals surface area contributed by atoms with Gasteiger partial charge in [-0.05, 0) is 32.9 Å². The quantitative estimate of drug-likeness (QED) is 0.856. The maximum Gasteiger partial charge on any atom is 0.266 e. The molecule has 1 fully saturated rings. The molecule has 1 saturated heterocycles. The van der Waals surface area contributed by atoms with Gasteiger partial charge in [0.25, 0.3) is 5.91 Å². The summed E-state index contributed by atoms with van der Waals surface area (Å²) in [5.41, 5.74) is 0.757. The lowest BCUT2D eigenvalue weighted by Crippen LogP contribution is -2.47. The van der Waals surface area contributed by atoms with Crippen LogP contribution in [-0.4, -0.2) is 41.6 Å². The van der Waals surface area contributed by atoms with Gasteiger partial charge in [-0.1, -0.05) is 0 Å². The lowest BCUT2D eigenvalue weighted by atomic mass is 10.2. The van der Waals surface area contributed by atoms with Gasteiger partial charge in [0.05, 0.1) is 24.9 Å². The number of hydrogen-bond acceptors (Lipinski definition) is 5. The third-order valence-electron chi connectivity index (χ3n) is 3.57. The van der Waals surface area contributed by atoms with E-state index in [0.717, 1.165) is 22.2 Å². The van der Waals surface area contributed by atoms with Gasteiger partial charge in [0.15, 0.2) is 10.8 Å². The molecule has 5 nitrogen and oxygen atoms in total. The van der Waals surface area contributed by atoms with Crippen molar-refractivity contribution in [1.29, 1.82) is 0 Å². The maximum atomic E-state index is 12.7. The highest BCUT2D eigenvalue weighted by Crippen LogP contribution is 2.30. The number of rotatable bonds is 2. The number of furan rings is 1. The SMILES string of the molecule is Cc1ccc(-c2nc(C)c(C(=O)N3CCOC[C@@H]3C)s2)o1. The predicted octanol–water partition coefficient (Wildman–Crippen LogP) is 2.88. The molecule has 112 valence electrons. The zero-order valence-electron chi connectivity index (χ0n) is 12.4. The van der Waals surface area contributed by atoms with Gasteiger partial charge in [0.1, 0.15) is 10.6 Å². The Kier molecular flexibility index (Phi) is 3.82. The molecule has 1 atom stereocenters. The van der Waals surface area contributed by atoms with E-state index in [1.54, 1.807) is 0 Å². The maximum absolute atomic E-state index is 12.7. The predicted molar refractivity (Wildman–Crippen MR) is 80.6 cm³/mol. The summed E-state index contributed by atoms with van der Waals surface area (Å²) >= 11 is 1.39. The molecule has 0 saturated carbocycles. The number of hydrogen-bond donors (Lipinski definition) is 0. The number of aromatic nitrogens is 1. The highest BCUT2D eigenvalue weighted by Gasteiger charge is 2.28. The Hall–Kier alpha value is -1.66. The second-order valence-corrected chi connectivity index (χ2v) is 6.27. The molecule has 2 aromatic heterocycles. The summed E-state index contributed by atoms with van der Waals surface area (Å²) in [4.78, 5) is 19.7. The molecule has 3 rings (SSSR count). The second kappa shape index (κ2) is 5.61. The second-order valence-electron chi connectivity index (χ2n) is 5.27. The third-order valence-corrected chi connectivity index (χ3v) is 4.73. The number of morpholine rings is 1. The van der Waals surface area contributed by atoms with Gasteiger partial charge < -0.3 is 14.1 Å². The van der Waals surface area contributed by atoms with E-state index in [1.165, 1.54) is 11.3 Å².